The number of ether oxygens (including phenoxy) is 1. The lowest BCUT2D eigenvalue weighted by Gasteiger charge is -2.17. The van der Waals surface area contributed by atoms with Crippen molar-refractivity contribution in [2.45, 2.75) is 20.3 Å². The van der Waals surface area contributed by atoms with E-state index in [-0.39, 0.29) is 23.9 Å². The molecule has 0 bridgehead atoms. The van der Waals surface area contributed by atoms with Crippen LogP contribution in [0.25, 0.3) is 22.1 Å². The first kappa shape index (κ1) is 23.8. The molecule has 7 heteroatoms. The molecule has 0 aliphatic rings. The van der Waals surface area contributed by atoms with Crippen molar-refractivity contribution in [2.24, 2.45) is 5.41 Å². The van der Waals surface area contributed by atoms with Crippen LogP contribution in [-0.4, -0.2) is 29.9 Å². The van der Waals surface area contributed by atoms with Gasteiger partial charge in [0.15, 0.2) is 11.5 Å². The molecule has 0 saturated heterocycles. The number of rotatable bonds is 8. The summed E-state index contributed by atoms with van der Waals surface area (Å²) in [7, 11) is 1.58. The highest BCUT2D eigenvalue weighted by molar-refractivity contribution is 6.05. The van der Waals surface area contributed by atoms with Crippen LogP contribution in [0.3, 0.4) is 0 Å². The molecule has 2 N–H and O–H groups in total. The third-order valence-electron chi connectivity index (χ3n) is 5.81. The molecule has 0 aliphatic heterocycles. The summed E-state index contributed by atoms with van der Waals surface area (Å²) in [5.41, 5.74) is 2.35. The summed E-state index contributed by atoms with van der Waals surface area (Å²) in [6.07, 6.45) is -0.0746. The molecule has 0 fully saturated rings. The third kappa shape index (κ3) is 5.24. The van der Waals surface area contributed by atoms with Gasteiger partial charge in [-0.25, -0.2) is 0 Å². The fourth-order valence-corrected chi connectivity index (χ4v) is 3.63. The van der Waals surface area contributed by atoms with Gasteiger partial charge < -0.3 is 19.6 Å². The van der Waals surface area contributed by atoms with Gasteiger partial charge in [0, 0.05) is 23.1 Å². The van der Waals surface area contributed by atoms with Gasteiger partial charge in [-0.3, -0.25) is 14.4 Å². The molecule has 178 valence electrons. The Bertz CT molecular complexity index is 1400. The van der Waals surface area contributed by atoms with Crippen LogP contribution in [0, 0.1) is 5.41 Å². The molecular formula is C28H25NO6. The van der Waals surface area contributed by atoms with Crippen molar-refractivity contribution in [1.82, 2.24) is 0 Å². The Labute approximate surface area is 202 Å². The van der Waals surface area contributed by atoms with E-state index in [4.69, 9.17) is 9.15 Å². The minimum Gasteiger partial charge on any atom is -0.497 e. The standard InChI is InChI=1S/C28H25NO6/c1-28(2,27(32)33)16-23(30)19-6-4-17(5-7-19)18-8-10-21(11-9-18)29-26(31)25-15-20-14-22(34-3)12-13-24(20)35-25/h4-15H,16H2,1-3H3,(H,29,31)(H,32,33). The molecule has 4 rings (SSSR count). The number of carboxylic acids is 1. The lowest BCUT2D eigenvalue weighted by molar-refractivity contribution is -0.146. The molecule has 4 aromatic rings. The highest BCUT2D eigenvalue weighted by Gasteiger charge is 2.30. The Hall–Kier alpha value is -4.39. The van der Waals surface area contributed by atoms with Gasteiger partial charge in [-0.1, -0.05) is 36.4 Å². The van der Waals surface area contributed by atoms with Crippen molar-refractivity contribution in [3.05, 3.63) is 84.1 Å². The Morgan fingerprint density at radius 2 is 1.54 bits per heavy atom. The molecule has 7 nitrogen and oxygen atoms in total. The van der Waals surface area contributed by atoms with Crippen LogP contribution in [0.5, 0.6) is 5.75 Å². The zero-order valence-electron chi connectivity index (χ0n) is 19.6. The smallest absolute Gasteiger partial charge is 0.309 e. The summed E-state index contributed by atoms with van der Waals surface area (Å²) in [4.78, 5) is 36.4. The number of nitrogens with one attached hydrogen (secondary N) is 1. The molecule has 0 spiro atoms. The fraction of sp³-hybridized carbons (Fsp3) is 0.179. The van der Waals surface area contributed by atoms with Gasteiger partial charge in [0.1, 0.15) is 11.3 Å². The van der Waals surface area contributed by atoms with E-state index in [1.54, 1.807) is 55.6 Å². The maximum absolute atomic E-state index is 12.6. The lowest BCUT2D eigenvalue weighted by Crippen LogP contribution is -2.26. The average Bonchev–Trinajstić information content (AvgIpc) is 3.28. The van der Waals surface area contributed by atoms with Crippen molar-refractivity contribution in [1.29, 1.82) is 0 Å². The Morgan fingerprint density at radius 3 is 2.14 bits per heavy atom. The molecule has 3 aromatic carbocycles. The van der Waals surface area contributed by atoms with Gasteiger partial charge in [-0.2, -0.15) is 0 Å². The number of aliphatic carboxylic acids is 1. The van der Waals surface area contributed by atoms with Gasteiger partial charge in [0.25, 0.3) is 5.91 Å². The number of methoxy groups -OCH3 is 1. The summed E-state index contributed by atoms with van der Waals surface area (Å²) in [5.74, 6) is -0.702. The van der Waals surface area contributed by atoms with Gasteiger partial charge in [-0.05, 0) is 61.4 Å². The number of anilines is 1. The van der Waals surface area contributed by atoms with Crippen LogP contribution in [0.15, 0.2) is 77.2 Å². The lowest BCUT2D eigenvalue weighted by atomic mass is 9.85. The van der Waals surface area contributed by atoms with Crippen molar-refractivity contribution >= 4 is 34.3 Å². The summed E-state index contributed by atoms with van der Waals surface area (Å²) >= 11 is 0. The first-order chi connectivity index (χ1) is 16.7. The van der Waals surface area contributed by atoms with E-state index in [0.29, 0.717) is 22.6 Å². The molecule has 1 heterocycles. The van der Waals surface area contributed by atoms with Crippen molar-refractivity contribution < 1.29 is 28.6 Å². The predicted octanol–water partition coefficient (Wildman–Crippen LogP) is 6.04. The van der Waals surface area contributed by atoms with E-state index in [2.05, 4.69) is 5.32 Å². The highest BCUT2D eigenvalue weighted by atomic mass is 16.5. The van der Waals surface area contributed by atoms with E-state index >= 15 is 0 Å². The first-order valence-electron chi connectivity index (χ1n) is 11.0. The Balaban J connectivity index is 1.43. The monoisotopic (exact) mass is 471 g/mol. The topological polar surface area (TPSA) is 106 Å². The number of Topliss-reactive ketones (excluding diaryl/α,β-unsaturated/α-hetero) is 1. The number of amides is 1. The molecule has 1 amide bonds. The molecule has 0 saturated carbocycles. The van der Waals surface area contributed by atoms with E-state index in [1.165, 1.54) is 13.8 Å². The summed E-state index contributed by atoms with van der Waals surface area (Å²) in [5, 5.41) is 12.8. The van der Waals surface area contributed by atoms with Gasteiger partial charge in [0.05, 0.1) is 12.5 Å². The number of carbonyl (C=O) groups is 3. The van der Waals surface area contributed by atoms with E-state index in [0.717, 1.165) is 16.5 Å². The van der Waals surface area contributed by atoms with E-state index < -0.39 is 11.4 Å². The van der Waals surface area contributed by atoms with Crippen LogP contribution < -0.4 is 10.1 Å². The third-order valence-corrected chi connectivity index (χ3v) is 5.81. The number of ketones is 1. The van der Waals surface area contributed by atoms with Crippen molar-refractivity contribution in [3.8, 4) is 16.9 Å². The fourth-order valence-electron chi connectivity index (χ4n) is 3.63. The Morgan fingerprint density at radius 1 is 0.914 bits per heavy atom. The highest BCUT2D eigenvalue weighted by Crippen LogP contribution is 2.27. The second-order valence-corrected chi connectivity index (χ2v) is 8.91. The largest absolute Gasteiger partial charge is 0.497 e. The first-order valence-corrected chi connectivity index (χ1v) is 11.0. The van der Waals surface area contributed by atoms with Crippen molar-refractivity contribution in [3.63, 3.8) is 0 Å². The van der Waals surface area contributed by atoms with Crippen molar-refractivity contribution in [2.75, 3.05) is 12.4 Å². The number of hydrogen-bond donors (Lipinski definition) is 2. The zero-order valence-corrected chi connectivity index (χ0v) is 19.6. The average molecular weight is 472 g/mol. The SMILES string of the molecule is COc1ccc2oc(C(=O)Nc3ccc(-c4ccc(C(=O)CC(C)(C)C(=O)O)cc4)cc3)cc2c1. The number of carbonyl (C=O) groups excluding carboxylic acids is 2. The van der Waals surface area contributed by atoms with E-state index in [9.17, 15) is 19.5 Å². The molecule has 35 heavy (non-hydrogen) atoms. The van der Waals surface area contributed by atoms with Gasteiger partial charge >= 0.3 is 5.97 Å². The number of fused-ring (bicyclic) bond motifs is 1. The summed E-state index contributed by atoms with van der Waals surface area (Å²) in [6.45, 7) is 3.07. The minimum absolute atomic E-state index is 0.0746. The van der Waals surface area contributed by atoms with Crippen LogP contribution >= 0.6 is 0 Å². The number of hydrogen-bond acceptors (Lipinski definition) is 5. The molecule has 0 aliphatic carbocycles. The van der Waals surface area contributed by atoms with Gasteiger partial charge in [0.2, 0.25) is 0 Å². The molecule has 0 unspecified atom stereocenters. The van der Waals surface area contributed by atoms with E-state index in [1.807, 2.05) is 24.3 Å². The number of benzene rings is 3. The Kier molecular flexibility index (Phi) is 6.42. The number of carboxylic acid groups (broad SMARTS) is 1. The quantitative estimate of drug-likeness (QED) is 0.303. The van der Waals surface area contributed by atoms with Crippen LogP contribution in [0.4, 0.5) is 5.69 Å². The van der Waals surface area contributed by atoms with Gasteiger partial charge in [-0.15, -0.1) is 0 Å². The minimum atomic E-state index is -1.12. The molecule has 1 aromatic heterocycles. The summed E-state index contributed by atoms with van der Waals surface area (Å²) < 4.78 is 10.8. The molecule has 0 atom stereocenters. The zero-order chi connectivity index (χ0) is 25.2. The second-order valence-electron chi connectivity index (χ2n) is 8.91. The maximum Gasteiger partial charge on any atom is 0.309 e. The van der Waals surface area contributed by atoms with Crippen LogP contribution in [-0.2, 0) is 4.79 Å². The number of furan rings is 1. The summed E-state index contributed by atoms with van der Waals surface area (Å²) in [6, 6.07) is 21.3. The van der Waals surface area contributed by atoms with Crippen LogP contribution in [0.1, 0.15) is 41.2 Å². The predicted molar refractivity (Wildman–Crippen MR) is 133 cm³/mol. The normalized spacial score (nSPS) is 11.3. The maximum atomic E-state index is 12.6. The molecular weight excluding hydrogens is 446 g/mol. The van der Waals surface area contributed by atoms with Crippen LogP contribution in [0.2, 0.25) is 0 Å². The second kappa shape index (κ2) is 9.46. The molecule has 0 radical (unpaired) electrons.